The van der Waals surface area contributed by atoms with E-state index in [2.05, 4.69) is 4.98 Å². The van der Waals surface area contributed by atoms with E-state index in [-0.39, 0.29) is 5.82 Å². The maximum Gasteiger partial charge on any atom is 0.150 e. The molecule has 0 aliphatic carbocycles. The van der Waals surface area contributed by atoms with Gasteiger partial charge >= 0.3 is 0 Å². The third-order valence-electron chi connectivity index (χ3n) is 2.94. The van der Waals surface area contributed by atoms with Crippen LogP contribution in [-0.2, 0) is 6.42 Å². The first kappa shape index (κ1) is 11.6. The van der Waals surface area contributed by atoms with Gasteiger partial charge in [0.25, 0.3) is 0 Å². The lowest BCUT2D eigenvalue weighted by atomic mass is 10.1. The summed E-state index contributed by atoms with van der Waals surface area (Å²) < 4.78 is 15.0. The Kier molecular flexibility index (Phi) is 2.83. The van der Waals surface area contributed by atoms with E-state index in [1.54, 1.807) is 24.4 Å². The van der Waals surface area contributed by atoms with Crippen molar-refractivity contribution in [1.82, 2.24) is 9.38 Å². The van der Waals surface area contributed by atoms with Gasteiger partial charge in [0.2, 0.25) is 0 Å². The quantitative estimate of drug-likeness (QED) is 0.673. The van der Waals surface area contributed by atoms with Crippen LogP contribution >= 0.6 is 0 Å². The van der Waals surface area contributed by atoms with Crippen molar-refractivity contribution in [2.45, 2.75) is 6.42 Å². The van der Waals surface area contributed by atoms with Crippen LogP contribution in [0.2, 0.25) is 0 Å². The van der Waals surface area contributed by atoms with E-state index in [1.807, 2.05) is 16.7 Å². The minimum absolute atomic E-state index is 0.246. The van der Waals surface area contributed by atoms with Crippen LogP contribution < -0.4 is 0 Å². The number of imidazole rings is 1. The van der Waals surface area contributed by atoms with Crippen LogP contribution in [-0.4, -0.2) is 15.7 Å². The number of nitrogens with zero attached hydrogens (tertiary/aromatic N) is 2. The lowest BCUT2D eigenvalue weighted by Crippen LogP contribution is -1.88. The van der Waals surface area contributed by atoms with Crippen LogP contribution in [0.4, 0.5) is 4.39 Å². The maximum absolute atomic E-state index is 13.1. The zero-order chi connectivity index (χ0) is 13.2. The summed E-state index contributed by atoms with van der Waals surface area (Å²) in [6.07, 6.45) is 5.03. The first-order valence-electron chi connectivity index (χ1n) is 5.92. The molecule has 0 aliphatic rings. The highest BCUT2D eigenvalue weighted by Gasteiger charge is 2.04. The zero-order valence-electron chi connectivity index (χ0n) is 10.1. The molecule has 4 heteroatoms. The minimum Gasteiger partial charge on any atom is -0.307 e. The standard InChI is InChI=1S/C15H11FN2O/c16-13-3-1-2-11(6-13)7-14-9-18-5-4-12(10-19)8-15(18)17-14/h1-6,8-10H,7H2. The molecule has 0 amide bonds. The number of carbonyl (C=O) groups is 1. The molecule has 1 aromatic carbocycles. The Bertz CT molecular complexity index is 749. The molecule has 0 saturated heterocycles. The average Bonchev–Trinajstić information content (AvgIpc) is 2.79. The van der Waals surface area contributed by atoms with E-state index < -0.39 is 0 Å². The number of benzene rings is 1. The second kappa shape index (κ2) is 4.65. The largest absolute Gasteiger partial charge is 0.307 e. The Labute approximate surface area is 109 Å². The summed E-state index contributed by atoms with van der Waals surface area (Å²) in [5, 5.41) is 0. The fourth-order valence-electron chi connectivity index (χ4n) is 2.06. The van der Waals surface area contributed by atoms with Crippen molar-refractivity contribution in [1.29, 1.82) is 0 Å². The number of hydrogen-bond donors (Lipinski definition) is 0. The van der Waals surface area contributed by atoms with E-state index >= 15 is 0 Å². The van der Waals surface area contributed by atoms with Gasteiger partial charge in [0.05, 0.1) is 5.69 Å². The smallest absolute Gasteiger partial charge is 0.150 e. The van der Waals surface area contributed by atoms with E-state index in [1.165, 1.54) is 12.1 Å². The Balaban J connectivity index is 1.95. The van der Waals surface area contributed by atoms with Crippen molar-refractivity contribution >= 4 is 11.9 Å². The number of pyridine rings is 1. The molecule has 0 N–H and O–H groups in total. The summed E-state index contributed by atoms with van der Waals surface area (Å²) in [6, 6.07) is 9.93. The molecular weight excluding hydrogens is 243 g/mol. The number of carbonyl (C=O) groups excluding carboxylic acids is 1. The topological polar surface area (TPSA) is 34.4 Å². The fourth-order valence-corrected chi connectivity index (χ4v) is 2.06. The second-order valence-corrected chi connectivity index (χ2v) is 4.38. The molecule has 0 atom stereocenters. The highest BCUT2D eigenvalue weighted by molar-refractivity contribution is 5.76. The van der Waals surface area contributed by atoms with Crippen LogP contribution in [0.25, 0.3) is 5.65 Å². The monoisotopic (exact) mass is 254 g/mol. The molecule has 0 bridgehead atoms. The van der Waals surface area contributed by atoms with Crippen molar-refractivity contribution in [3.63, 3.8) is 0 Å². The number of aldehydes is 1. The van der Waals surface area contributed by atoms with Crippen LogP contribution in [0.15, 0.2) is 48.8 Å². The van der Waals surface area contributed by atoms with Crippen molar-refractivity contribution in [3.8, 4) is 0 Å². The Hall–Kier alpha value is -2.49. The van der Waals surface area contributed by atoms with Crippen LogP contribution in [0, 0.1) is 5.82 Å². The van der Waals surface area contributed by atoms with Gasteiger partial charge in [0, 0.05) is 24.4 Å². The molecule has 2 aromatic heterocycles. The summed E-state index contributed by atoms with van der Waals surface area (Å²) >= 11 is 0. The number of rotatable bonds is 3. The third kappa shape index (κ3) is 2.38. The highest BCUT2D eigenvalue weighted by atomic mass is 19.1. The Morgan fingerprint density at radius 3 is 2.95 bits per heavy atom. The summed E-state index contributed by atoms with van der Waals surface area (Å²) in [6.45, 7) is 0. The molecule has 19 heavy (non-hydrogen) atoms. The summed E-state index contributed by atoms with van der Waals surface area (Å²) in [7, 11) is 0. The molecule has 94 valence electrons. The van der Waals surface area contributed by atoms with Gasteiger partial charge in [-0.25, -0.2) is 9.37 Å². The van der Waals surface area contributed by atoms with Crippen molar-refractivity contribution in [2.75, 3.05) is 0 Å². The van der Waals surface area contributed by atoms with Gasteiger partial charge in [-0.15, -0.1) is 0 Å². The van der Waals surface area contributed by atoms with E-state index in [4.69, 9.17) is 0 Å². The lowest BCUT2D eigenvalue weighted by Gasteiger charge is -1.97. The second-order valence-electron chi connectivity index (χ2n) is 4.38. The van der Waals surface area contributed by atoms with E-state index in [9.17, 15) is 9.18 Å². The molecule has 0 radical (unpaired) electrons. The first-order valence-corrected chi connectivity index (χ1v) is 5.92. The SMILES string of the molecule is O=Cc1ccn2cc(Cc3cccc(F)c3)nc2c1. The molecule has 0 saturated carbocycles. The molecule has 3 aromatic rings. The third-order valence-corrected chi connectivity index (χ3v) is 2.94. The number of halogens is 1. The molecular formula is C15H11FN2O. The number of hydrogen-bond acceptors (Lipinski definition) is 2. The van der Waals surface area contributed by atoms with Gasteiger partial charge in [-0.05, 0) is 29.8 Å². The predicted octanol–water partition coefficient (Wildman–Crippen LogP) is 2.88. The fraction of sp³-hybridized carbons (Fsp3) is 0.0667. The van der Waals surface area contributed by atoms with Gasteiger partial charge < -0.3 is 4.40 Å². The Morgan fingerprint density at radius 2 is 2.16 bits per heavy atom. The van der Waals surface area contributed by atoms with Crippen molar-refractivity contribution in [3.05, 3.63) is 71.4 Å². The summed E-state index contributed by atoms with van der Waals surface area (Å²) in [5.74, 6) is -0.246. The molecule has 3 rings (SSSR count). The molecule has 0 fully saturated rings. The maximum atomic E-state index is 13.1. The molecule has 0 unspecified atom stereocenters. The highest BCUT2D eigenvalue weighted by Crippen LogP contribution is 2.12. The van der Waals surface area contributed by atoms with Gasteiger partial charge in [0.1, 0.15) is 17.8 Å². The normalized spacial score (nSPS) is 10.8. The van der Waals surface area contributed by atoms with E-state index in [0.29, 0.717) is 12.0 Å². The number of aromatic nitrogens is 2. The van der Waals surface area contributed by atoms with Gasteiger partial charge in [-0.3, -0.25) is 4.79 Å². The van der Waals surface area contributed by atoms with Gasteiger partial charge in [-0.1, -0.05) is 12.1 Å². The van der Waals surface area contributed by atoms with Crippen LogP contribution in [0.5, 0.6) is 0 Å². The summed E-state index contributed by atoms with van der Waals surface area (Å²) in [5.41, 5.74) is 3.03. The molecule has 2 heterocycles. The van der Waals surface area contributed by atoms with Crippen LogP contribution in [0.1, 0.15) is 21.6 Å². The average molecular weight is 254 g/mol. The van der Waals surface area contributed by atoms with Gasteiger partial charge in [-0.2, -0.15) is 0 Å². The minimum atomic E-state index is -0.246. The predicted molar refractivity (Wildman–Crippen MR) is 69.8 cm³/mol. The van der Waals surface area contributed by atoms with Gasteiger partial charge in [0.15, 0.2) is 0 Å². The number of fused-ring (bicyclic) bond motifs is 1. The molecule has 3 nitrogen and oxygen atoms in total. The molecule has 0 spiro atoms. The van der Waals surface area contributed by atoms with Crippen molar-refractivity contribution < 1.29 is 9.18 Å². The molecule has 0 aliphatic heterocycles. The summed E-state index contributed by atoms with van der Waals surface area (Å²) in [4.78, 5) is 15.1. The first-order chi connectivity index (χ1) is 9.24. The lowest BCUT2D eigenvalue weighted by molar-refractivity contribution is 0.112. The Morgan fingerprint density at radius 1 is 1.26 bits per heavy atom. The zero-order valence-corrected chi connectivity index (χ0v) is 10.1. The van der Waals surface area contributed by atoms with E-state index in [0.717, 1.165) is 23.2 Å². The van der Waals surface area contributed by atoms with Crippen molar-refractivity contribution in [2.24, 2.45) is 0 Å². The van der Waals surface area contributed by atoms with Crippen LogP contribution in [0.3, 0.4) is 0 Å².